The molecule has 1 saturated carbocycles. The van der Waals surface area contributed by atoms with Gasteiger partial charge in [-0.05, 0) is 55.7 Å². The molecule has 1 aliphatic heterocycles. The van der Waals surface area contributed by atoms with Crippen molar-refractivity contribution in [3.8, 4) is 0 Å². The summed E-state index contributed by atoms with van der Waals surface area (Å²) in [5, 5.41) is 8.35. The van der Waals surface area contributed by atoms with Crippen molar-refractivity contribution in [3.63, 3.8) is 0 Å². The van der Waals surface area contributed by atoms with Gasteiger partial charge >= 0.3 is 0 Å². The van der Waals surface area contributed by atoms with Crippen LogP contribution in [0.25, 0.3) is 0 Å². The van der Waals surface area contributed by atoms with Gasteiger partial charge in [0.15, 0.2) is 0 Å². The number of nitrogens with zero attached hydrogens (tertiary/aromatic N) is 1. The van der Waals surface area contributed by atoms with E-state index in [9.17, 15) is 9.59 Å². The molecule has 154 valence electrons. The summed E-state index contributed by atoms with van der Waals surface area (Å²) in [6.45, 7) is 2.35. The van der Waals surface area contributed by atoms with E-state index in [0.29, 0.717) is 6.54 Å². The Kier molecular flexibility index (Phi) is 6.49. The first kappa shape index (κ1) is 20.0. The smallest absolute Gasteiger partial charge is 0.253 e. The molecule has 4 rings (SSSR count). The highest BCUT2D eigenvalue weighted by Crippen LogP contribution is 2.28. The van der Waals surface area contributed by atoms with Crippen LogP contribution in [0.15, 0.2) is 41.8 Å². The third-order valence-electron chi connectivity index (χ3n) is 6.04. The first-order valence-electron chi connectivity index (χ1n) is 10.7. The zero-order valence-corrected chi connectivity index (χ0v) is 17.5. The molecular weight excluding hydrogens is 382 g/mol. The Morgan fingerprint density at radius 1 is 1.03 bits per heavy atom. The highest BCUT2D eigenvalue weighted by Gasteiger charge is 2.29. The van der Waals surface area contributed by atoms with Gasteiger partial charge in [0.1, 0.15) is 0 Å². The van der Waals surface area contributed by atoms with E-state index in [1.807, 2.05) is 30.3 Å². The number of rotatable bonds is 7. The van der Waals surface area contributed by atoms with Crippen LogP contribution in [-0.4, -0.2) is 37.5 Å². The number of carbonyl (C=O) groups excluding carboxylic acids is 2. The lowest BCUT2D eigenvalue weighted by Crippen LogP contribution is -2.47. The molecule has 2 aliphatic rings. The van der Waals surface area contributed by atoms with Crippen LogP contribution in [0, 0.1) is 5.92 Å². The van der Waals surface area contributed by atoms with Gasteiger partial charge < -0.3 is 15.5 Å². The first-order chi connectivity index (χ1) is 14.2. The largest absolute Gasteiger partial charge is 0.371 e. The van der Waals surface area contributed by atoms with Crippen LogP contribution >= 0.6 is 11.3 Å². The number of anilines is 1. The van der Waals surface area contributed by atoms with Gasteiger partial charge in [0.25, 0.3) is 5.91 Å². The summed E-state index contributed by atoms with van der Waals surface area (Å²) in [4.78, 5) is 28.5. The number of hydrogen-bond donors (Lipinski definition) is 2. The summed E-state index contributed by atoms with van der Waals surface area (Å²) in [6, 6.07) is 12.2. The molecule has 1 aromatic heterocycles. The summed E-state index contributed by atoms with van der Waals surface area (Å²) in [5.74, 6) is 0.462. The van der Waals surface area contributed by atoms with E-state index in [0.717, 1.165) is 56.4 Å². The van der Waals surface area contributed by atoms with E-state index < -0.39 is 0 Å². The second-order valence-electron chi connectivity index (χ2n) is 8.00. The summed E-state index contributed by atoms with van der Waals surface area (Å²) >= 11 is 1.72. The van der Waals surface area contributed by atoms with E-state index in [1.54, 1.807) is 11.3 Å². The molecule has 0 atom stereocenters. The van der Waals surface area contributed by atoms with Gasteiger partial charge in [-0.25, -0.2) is 0 Å². The number of nitrogens with one attached hydrogen (secondary N) is 2. The number of thiophene rings is 1. The van der Waals surface area contributed by atoms with Crippen LogP contribution in [0.5, 0.6) is 0 Å². The minimum atomic E-state index is -0.0161. The zero-order chi connectivity index (χ0) is 20.1. The molecule has 2 heterocycles. The van der Waals surface area contributed by atoms with Gasteiger partial charge in [-0.3, -0.25) is 9.59 Å². The Hall–Kier alpha value is -2.34. The Bertz CT molecular complexity index is 824. The fourth-order valence-corrected chi connectivity index (χ4v) is 4.75. The average molecular weight is 412 g/mol. The highest BCUT2D eigenvalue weighted by molar-refractivity contribution is 7.09. The maximum atomic E-state index is 12.8. The lowest BCUT2D eigenvalue weighted by molar-refractivity contribution is -0.128. The van der Waals surface area contributed by atoms with E-state index in [2.05, 4.69) is 27.0 Å². The molecule has 0 radical (unpaired) electrons. The predicted molar refractivity (Wildman–Crippen MR) is 118 cm³/mol. The van der Waals surface area contributed by atoms with Gasteiger partial charge in [-0.1, -0.05) is 24.6 Å². The fourth-order valence-electron chi connectivity index (χ4n) is 4.04. The van der Waals surface area contributed by atoms with E-state index in [1.165, 1.54) is 11.3 Å². The van der Waals surface area contributed by atoms with Gasteiger partial charge in [-0.2, -0.15) is 0 Å². The molecule has 2 N–H and O–H groups in total. The van der Waals surface area contributed by atoms with E-state index in [-0.39, 0.29) is 23.8 Å². The molecule has 1 saturated heterocycles. The molecular formula is C23H29N3O2S. The van der Waals surface area contributed by atoms with Gasteiger partial charge in [0.2, 0.25) is 5.91 Å². The number of benzene rings is 1. The Labute approximate surface area is 176 Å². The number of carbonyl (C=O) groups is 2. The summed E-state index contributed by atoms with van der Waals surface area (Å²) < 4.78 is 0. The maximum Gasteiger partial charge on any atom is 0.253 e. The summed E-state index contributed by atoms with van der Waals surface area (Å²) in [5.41, 5.74) is 1.72. The van der Waals surface area contributed by atoms with Crippen molar-refractivity contribution >= 4 is 28.8 Å². The second kappa shape index (κ2) is 9.44. The van der Waals surface area contributed by atoms with Crippen molar-refractivity contribution in [2.24, 2.45) is 5.92 Å². The van der Waals surface area contributed by atoms with Crippen LogP contribution in [-0.2, 0) is 11.2 Å². The Balaban J connectivity index is 1.30. The van der Waals surface area contributed by atoms with Gasteiger partial charge in [-0.15, -0.1) is 11.3 Å². The fraction of sp³-hybridized carbons (Fsp3) is 0.478. The highest BCUT2D eigenvalue weighted by atomic mass is 32.1. The minimum absolute atomic E-state index is 0.0161. The molecule has 5 nitrogen and oxygen atoms in total. The normalized spacial score (nSPS) is 17.6. The molecule has 2 aromatic rings. The third kappa shape index (κ3) is 4.99. The van der Waals surface area contributed by atoms with Gasteiger partial charge in [0.05, 0.1) is 5.56 Å². The minimum Gasteiger partial charge on any atom is -0.371 e. The molecule has 0 spiro atoms. The quantitative estimate of drug-likeness (QED) is 0.732. The van der Waals surface area contributed by atoms with Crippen LogP contribution in [0.4, 0.5) is 5.69 Å². The molecule has 1 aromatic carbocycles. The summed E-state index contributed by atoms with van der Waals surface area (Å²) in [6.07, 6.45) is 5.97. The number of amides is 2. The van der Waals surface area contributed by atoms with Crippen LogP contribution in [0.3, 0.4) is 0 Å². The molecule has 1 aliphatic carbocycles. The lowest BCUT2D eigenvalue weighted by atomic mass is 9.84. The Morgan fingerprint density at radius 2 is 1.83 bits per heavy atom. The summed E-state index contributed by atoms with van der Waals surface area (Å²) in [7, 11) is 0. The topological polar surface area (TPSA) is 61.4 Å². The van der Waals surface area contributed by atoms with Gasteiger partial charge in [0, 0.05) is 42.2 Å². The maximum absolute atomic E-state index is 12.8. The van der Waals surface area contributed by atoms with Crippen molar-refractivity contribution in [3.05, 3.63) is 52.2 Å². The SMILES string of the molecule is O=C(NCCc1cccs1)c1ccccc1N1CCC(NC(=O)C2CCC2)CC1. The predicted octanol–water partition coefficient (Wildman–Crippen LogP) is 3.61. The van der Waals surface area contributed by atoms with E-state index in [4.69, 9.17) is 0 Å². The molecule has 2 amide bonds. The molecule has 29 heavy (non-hydrogen) atoms. The molecule has 2 fully saturated rings. The molecule has 0 bridgehead atoms. The second-order valence-corrected chi connectivity index (χ2v) is 9.03. The monoisotopic (exact) mass is 411 g/mol. The van der Waals surface area contributed by atoms with Crippen molar-refractivity contribution < 1.29 is 9.59 Å². The average Bonchev–Trinajstić information content (AvgIpc) is 3.20. The van der Waals surface area contributed by atoms with Crippen LogP contribution in [0.2, 0.25) is 0 Å². The van der Waals surface area contributed by atoms with Crippen LogP contribution in [0.1, 0.15) is 47.3 Å². The lowest BCUT2D eigenvalue weighted by Gasteiger charge is -2.36. The molecule has 0 unspecified atom stereocenters. The van der Waals surface area contributed by atoms with Crippen molar-refractivity contribution in [1.82, 2.24) is 10.6 Å². The van der Waals surface area contributed by atoms with E-state index >= 15 is 0 Å². The van der Waals surface area contributed by atoms with Crippen molar-refractivity contribution in [1.29, 1.82) is 0 Å². The number of para-hydroxylation sites is 1. The van der Waals surface area contributed by atoms with Crippen molar-refractivity contribution in [2.75, 3.05) is 24.5 Å². The van der Waals surface area contributed by atoms with Crippen molar-refractivity contribution in [2.45, 2.75) is 44.6 Å². The number of hydrogen-bond acceptors (Lipinski definition) is 4. The molecule has 6 heteroatoms. The Morgan fingerprint density at radius 3 is 2.52 bits per heavy atom. The zero-order valence-electron chi connectivity index (χ0n) is 16.7. The standard InChI is InChI=1S/C23H29N3O2S/c27-22(17-5-3-6-17)25-18-11-14-26(15-12-18)21-9-2-1-8-20(21)23(28)24-13-10-19-7-4-16-29-19/h1-2,4,7-9,16-18H,3,5-6,10-15H2,(H,24,28)(H,25,27). The first-order valence-corrected chi connectivity index (χ1v) is 11.5. The third-order valence-corrected chi connectivity index (χ3v) is 6.98. The number of piperidine rings is 1. The van der Waals surface area contributed by atoms with Crippen LogP contribution < -0.4 is 15.5 Å².